The van der Waals surface area contributed by atoms with Crippen molar-refractivity contribution in [1.29, 1.82) is 0 Å². The normalized spacial score (nSPS) is 12.9. The molecule has 0 aliphatic heterocycles. The fourth-order valence-corrected chi connectivity index (χ4v) is 3.11. The molecule has 0 saturated carbocycles. The summed E-state index contributed by atoms with van der Waals surface area (Å²) in [6.07, 6.45) is -0.255. The van der Waals surface area contributed by atoms with Crippen LogP contribution >= 0.6 is 8.17 Å². The second-order valence-corrected chi connectivity index (χ2v) is 7.29. The Kier molecular flexibility index (Phi) is 6.43. The highest BCUT2D eigenvalue weighted by atomic mass is 31.1. The first kappa shape index (κ1) is 20.7. The van der Waals surface area contributed by atoms with Crippen LogP contribution in [0.3, 0.4) is 0 Å². The molecule has 0 radical (unpaired) electrons. The van der Waals surface area contributed by atoms with Crippen LogP contribution in [0.15, 0.2) is 62.6 Å². The maximum absolute atomic E-state index is 12.1. The van der Waals surface area contributed by atoms with E-state index in [9.17, 15) is 14.5 Å². The zero-order chi connectivity index (χ0) is 21.0. The van der Waals surface area contributed by atoms with Crippen molar-refractivity contribution in [2.24, 2.45) is 4.85 Å². The van der Waals surface area contributed by atoms with Gasteiger partial charge in [0.1, 0.15) is 6.04 Å². The van der Waals surface area contributed by atoms with Crippen LogP contribution in [-0.4, -0.2) is 22.7 Å². The Hall–Kier alpha value is -3.00. The fraction of sp³-hybridized carbons (Fsp3) is 0.263. The van der Waals surface area contributed by atoms with E-state index in [2.05, 4.69) is 10.3 Å². The van der Waals surface area contributed by atoms with Gasteiger partial charge in [0.2, 0.25) is 0 Å². The second-order valence-electron chi connectivity index (χ2n) is 6.43. The number of benzene rings is 2. The molecule has 0 spiro atoms. The molecule has 2 aromatic carbocycles. The molecule has 0 amide bonds. The van der Waals surface area contributed by atoms with Crippen molar-refractivity contribution in [2.75, 3.05) is 0 Å². The van der Waals surface area contributed by atoms with E-state index in [1.807, 2.05) is 6.07 Å². The first-order valence-electron chi connectivity index (χ1n) is 8.88. The molecule has 9 nitrogen and oxygen atoms in total. The number of carbonyl (C=O) groups is 1. The molecule has 0 saturated heterocycles. The van der Waals surface area contributed by atoms with Crippen molar-refractivity contribution in [3.63, 3.8) is 0 Å². The number of ether oxygens (including phenoxy) is 1. The Labute approximate surface area is 167 Å². The van der Waals surface area contributed by atoms with Gasteiger partial charge in [-0.2, -0.15) is 5.43 Å². The summed E-state index contributed by atoms with van der Waals surface area (Å²) in [5.74, 6) is -0.722. The minimum absolute atomic E-state index is 0.255. The van der Waals surface area contributed by atoms with Crippen LogP contribution in [0.2, 0.25) is 0 Å². The minimum Gasteiger partial charge on any atom is -0.574 e. The van der Waals surface area contributed by atoms with Crippen molar-refractivity contribution in [1.82, 2.24) is 9.99 Å². The lowest BCUT2D eigenvalue weighted by atomic mass is 10.2. The molecule has 1 heterocycles. The molecule has 0 bridgehead atoms. The number of esters is 1. The summed E-state index contributed by atoms with van der Waals surface area (Å²) in [5.41, 5.74) is 4.14. The summed E-state index contributed by atoms with van der Waals surface area (Å²) in [5, 5.41) is 0. The zero-order valence-electron chi connectivity index (χ0n) is 16.1. The molecule has 0 aliphatic rings. The summed E-state index contributed by atoms with van der Waals surface area (Å²) in [4.78, 5) is 39.4. The summed E-state index contributed by atoms with van der Waals surface area (Å²) in [6, 6.07) is 12.7. The molecule has 1 aromatic heterocycles. The van der Waals surface area contributed by atoms with Gasteiger partial charge in [0, 0.05) is 4.85 Å². The Morgan fingerprint density at radius 1 is 1.17 bits per heavy atom. The third kappa shape index (κ3) is 5.08. The SMILES string of the molecule is CC(C)OC(=O)[C@H](C)N/N=[P+](\[O-])Oc1ccc(-n2c(=O)oc3ccccc32)cc1. The van der Waals surface area contributed by atoms with Gasteiger partial charge in [0.25, 0.3) is 0 Å². The van der Waals surface area contributed by atoms with Gasteiger partial charge in [0.15, 0.2) is 11.3 Å². The largest absolute Gasteiger partial charge is 0.574 e. The van der Waals surface area contributed by atoms with Crippen LogP contribution in [-0.2, 0) is 9.53 Å². The molecule has 10 heteroatoms. The average molecular weight is 417 g/mol. The van der Waals surface area contributed by atoms with Crippen molar-refractivity contribution < 1.29 is 23.4 Å². The molecule has 3 aromatic rings. The van der Waals surface area contributed by atoms with Crippen molar-refractivity contribution in [2.45, 2.75) is 32.9 Å². The predicted molar refractivity (Wildman–Crippen MR) is 106 cm³/mol. The number of oxazole rings is 1. The summed E-state index contributed by atoms with van der Waals surface area (Å²) in [7, 11) is -2.45. The predicted octanol–water partition coefficient (Wildman–Crippen LogP) is 2.66. The molecule has 0 fully saturated rings. The van der Waals surface area contributed by atoms with E-state index < -0.39 is 25.9 Å². The smallest absolute Gasteiger partial charge is 0.424 e. The fourth-order valence-electron chi connectivity index (χ4n) is 2.50. The van der Waals surface area contributed by atoms with Gasteiger partial charge in [-0.15, -0.1) is 0 Å². The van der Waals surface area contributed by atoms with Gasteiger partial charge in [-0.25, -0.2) is 9.36 Å². The number of fused-ring (bicyclic) bond motifs is 1. The number of nitrogens with one attached hydrogen (secondary N) is 1. The van der Waals surface area contributed by atoms with Crippen LogP contribution in [0.4, 0.5) is 0 Å². The molecule has 3 rings (SSSR count). The average Bonchev–Trinajstić information content (AvgIpc) is 3.02. The molecule has 2 atom stereocenters. The zero-order valence-corrected chi connectivity index (χ0v) is 17.0. The number of hydrogen-bond acceptors (Lipinski definition) is 7. The Bertz CT molecular complexity index is 1090. The monoisotopic (exact) mass is 417 g/mol. The highest BCUT2D eigenvalue weighted by Crippen LogP contribution is 2.25. The van der Waals surface area contributed by atoms with Gasteiger partial charge in [-0.1, -0.05) is 12.1 Å². The van der Waals surface area contributed by atoms with Gasteiger partial charge < -0.3 is 14.0 Å². The summed E-state index contributed by atoms with van der Waals surface area (Å²) < 4.78 is 16.9. The molecule has 0 aliphatic carbocycles. The molecular formula is C19H20N3O6P. The molecule has 152 valence electrons. The van der Waals surface area contributed by atoms with Gasteiger partial charge in [0.05, 0.1) is 17.3 Å². The molecule has 29 heavy (non-hydrogen) atoms. The van der Waals surface area contributed by atoms with E-state index >= 15 is 0 Å². The topological polar surface area (TPSA) is 118 Å². The number of carbonyl (C=O) groups excluding carboxylic acids is 1. The molecular weight excluding hydrogens is 397 g/mol. The van der Waals surface area contributed by atoms with E-state index in [0.29, 0.717) is 22.5 Å². The van der Waals surface area contributed by atoms with Crippen molar-refractivity contribution >= 4 is 25.2 Å². The third-order valence-electron chi connectivity index (χ3n) is 3.80. The first-order valence-corrected chi connectivity index (χ1v) is 10.0. The maximum Gasteiger partial charge on any atom is 0.424 e. The van der Waals surface area contributed by atoms with Crippen LogP contribution < -0.4 is 20.6 Å². The number of aromatic nitrogens is 1. The van der Waals surface area contributed by atoms with E-state index in [1.54, 1.807) is 63.2 Å². The minimum atomic E-state index is -2.45. The molecule has 1 N–H and O–H groups in total. The van der Waals surface area contributed by atoms with E-state index in [-0.39, 0.29) is 6.10 Å². The van der Waals surface area contributed by atoms with Gasteiger partial charge in [-0.05, 0) is 57.2 Å². The Morgan fingerprint density at radius 2 is 1.86 bits per heavy atom. The maximum atomic E-state index is 12.1. The van der Waals surface area contributed by atoms with Crippen LogP contribution in [0.1, 0.15) is 20.8 Å². The van der Waals surface area contributed by atoms with E-state index in [4.69, 9.17) is 13.7 Å². The molecule has 1 unspecified atom stereocenters. The second kappa shape index (κ2) is 9.00. The van der Waals surface area contributed by atoms with Crippen LogP contribution in [0, 0.1) is 0 Å². The third-order valence-corrected chi connectivity index (χ3v) is 4.45. The Morgan fingerprint density at radius 3 is 2.55 bits per heavy atom. The van der Waals surface area contributed by atoms with Crippen molar-refractivity contribution in [3.8, 4) is 11.4 Å². The van der Waals surface area contributed by atoms with E-state index in [1.165, 1.54) is 4.57 Å². The van der Waals surface area contributed by atoms with Crippen LogP contribution in [0.5, 0.6) is 5.75 Å². The number of para-hydroxylation sites is 2. The van der Waals surface area contributed by atoms with E-state index in [0.717, 1.165) is 0 Å². The van der Waals surface area contributed by atoms with Gasteiger partial charge >= 0.3 is 19.9 Å². The quantitative estimate of drug-likeness (QED) is 0.357. The first-order chi connectivity index (χ1) is 13.8. The highest BCUT2D eigenvalue weighted by Gasteiger charge is 2.17. The number of rotatable bonds is 7. The van der Waals surface area contributed by atoms with Crippen molar-refractivity contribution in [3.05, 3.63) is 59.1 Å². The number of nitrogens with zero attached hydrogens (tertiary/aromatic N) is 2. The standard InChI is InChI=1S/C19H20N3O6P/c1-12(2)26-18(23)13(3)20-21-29(25)28-15-10-8-14(9-11-15)22-16-6-4-5-7-17(16)27-19(22)24/h4-13,20H,1-3H3/t13-/m0/s1. The lowest BCUT2D eigenvalue weighted by molar-refractivity contribution is -0.169. The lowest BCUT2D eigenvalue weighted by Gasteiger charge is -2.11. The van der Waals surface area contributed by atoms with Crippen LogP contribution in [0.25, 0.3) is 16.8 Å². The summed E-state index contributed by atoms with van der Waals surface area (Å²) >= 11 is 0. The number of hydrogen-bond donors (Lipinski definition) is 1. The highest BCUT2D eigenvalue weighted by molar-refractivity contribution is 7.33. The summed E-state index contributed by atoms with van der Waals surface area (Å²) in [6.45, 7) is 5.00. The Balaban J connectivity index is 1.68. The van der Waals surface area contributed by atoms with Gasteiger partial charge in [-0.3, -0.25) is 9.32 Å². The lowest BCUT2D eigenvalue weighted by Crippen LogP contribution is -2.33.